The van der Waals surface area contributed by atoms with E-state index in [1.807, 2.05) is 0 Å². The Morgan fingerprint density at radius 3 is 2.63 bits per heavy atom. The molecule has 0 fully saturated rings. The second-order valence-corrected chi connectivity index (χ2v) is 5.07. The van der Waals surface area contributed by atoms with Gasteiger partial charge in [0.2, 0.25) is 0 Å². The fraction of sp³-hybridized carbons (Fsp3) is 0.462. The molecule has 1 heterocycles. The summed E-state index contributed by atoms with van der Waals surface area (Å²) in [5, 5.41) is 11.8. The number of aliphatic carboxylic acids is 1. The van der Waals surface area contributed by atoms with Gasteiger partial charge in [0.25, 0.3) is 0 Å². The molecule has 0 aliphatic heterocycles. The van der Waals surface area contributed by atoms with Crippen LogP contribution in [0.25, 0.3) is 0 Å². The lowest BCUT2D eigenvalue weighted by Gasteiger charge is -2.21. The molecule has 2 N–H and O–H groups in total. The van der Waals surface area contributed by atoms with Crippen LogP contribution in [0.5, 0.6) is 0 Å². The summed E-state index contributed by atoms with van der Waals surface area (Å²) >= 11 is 0. The third-order valence-corrected chi connectivity index (χ3v) is 2.09. The number of ether oxygens (including phenoxy) is 1. The molecular weight excluding hydrogens is 248 g/mol. The Bertz CT molecular complexity index is 440. The summed E-state index contributed by atoms with van der Waals surface area (Å²) in [5.74, 6) is -1.67. The van der Waals surface area contributed by atoms with Crippen molar-refractivity contribution in [3.8, 4) is 0 Å². The van der Waals surface area contributed by atoms with Gasteiger partial charge in [-0.2, -0.15) is 0 Å². The van der Waals surface area contributed by atoms with Gasteiger partial charge in [-0.25, -0.2) is 4.79 Å². The van der Waals surface area contributed by atoms with Crippen molar-refractivity contribution < 1.29 is 19.4 Å². The number of carbonyl (C=O) groups excluding carboxylic acids is 1. The molecule has 0 radical (unpaired) electrons. The maximum atomic E-state index is 11.6. The second-order valence-electron chi connectivity index (χ2n) is 5.07. The van der Waals surface area contributed by atoms with E-state index in [4.69, 9.17) is 9.84 Å². The van der Waals surface area contributed by atoms with Gasteiger partial charge in [0, 0.05) is 12.4 Å². The minimum Gasteiger partial charge on any atom is -0.480 e. The average molecular weight is 266 g/mol. The van der Waals surface area contributed by atoms with E-state index < -0.39 is 23.6 Å². The molecule has 1 atom stereocenters. The molecule has 19 heavy (non-hydrogen) atoms. The molecule has 1 aromatic heterocycles. The van der Waals surface area contributed by atoms with E-state index in [-0.39, 0.29) is 6.42 Å². The minimum absolute atomic E-state index is 0.249. The first-order valence-corrected chi connectivity index (χ1v) is 5.89. The summed E-state index contributed by atoms with van der Waals surface area (Å²) < 4.78 is 5.10. The van der Waals surface area contributed by atoms with E-state index in [0.717, 1.165) is 0 Å². The number of hydrogen-bond acceptors (Lipinski definition) is 5. The number of pyridine rings is 1. The monoisotopic (exact) mass is 266 g/mol. The Balaban J connectivity index is 2.64. The Kier molecular flexibility index (Phi) is 4.86. The first-order chi connectivity index (χ1) is 8.78. The molecule has 0 bridgehead atoms. The number of carboxylic acid groups (broad SMARTS) is 1. The van der Waals surface area contributed by atoms with Gasteiger partial charge in [0.15, 0.2) is 0 Å². The van der Waals surface area contributed by atoms with Crippen molar-refractivity contribution in [3.63, 3.8) is 0 Å². The summed E-state index contributed by atoms with van der Waals surface area (Å²) in [6, 6.07) is 2.31. The smallest absolute Gasteiger partial charge is 0.326 e. The molecule has 0 unspecified atom stereocenters. The van der Waals surface area contributed by atoms with E-state index in [9.17, 15) is 9.59 Å². The molecule has 0 saturated heterocycles. The van der Waals surface area contributed by atoms with Crippen LogP contribution in [-0.2, 0) is 14.3 Å². The maximum Gasteiger partial charge on any atom is 0.326 e. The minimum atomic E-state index is -1.12. The van der Waals surface area contributed by atoms with E-state index >= 15 is 0 Å². The van der Waals surface area contributed by atoms with Crippen molar-refractivity contribution in [2.24, 2.45) is 0 Å². The highest BCUT2D eigenvalue weighted by atomic mass is 16.6. The van der Waals surface area contributed by atoms with Gasteiger partial charge in [-0.05, 0) is 32.9 Å². The molecule has 0 amide bonds. The average Bonchev–Trinajstić information content (AvgIpc) is 2.26. The fourth-order valence-electron chi connectivity index (χ4n) is 1.40. The van der Waals surface area contributed by atoms with Crippen LogP contribution in [0.3, 0.4) is 0 Å². The second kappa shape index (κ2) is 6.17. The Labute approximate surface area is 111 Å². The zero-order valence-electron chi connectivity index (χ0n) is 11.2. The normalized spacial score (nSPS) is 12.6. The van der Waals surface area contributed by atoms with Gasteiger partial charge in [-0.3, -0.25) is 9.78 Å². The lowest BCUT2D eigenvalue weighted by atomic mass is 10.1. The van der Waals surface area contributed by atoms with Crippen molar-refractivity contribution in [1.29, 1.82) is 0 Å². The van der Waals surface area contributed by atoms with Crippen molar-refractivity contribution in [3.05, 3.63) is 24.5 Å². The van der Waals surface area contributed by atoms with Crippen LogP contribution < -0.4 is 5.32 Å². The SMILES string of the molecule is CC(C)(C)OC(=O)C[C@H](Nc1cccnc1)C(=O)O. The summed E-state index contributed by atoms with van der Waals surface area (Å²) in [7, 11) is 0. The van der Waals surface area contributed by atoms with Crippen molar-refractivity contribution in [2.75, 3.05) is 5.32 Å². The third kappa shape index (κ3) is 5.85. The molecule has 1 aromatic rings. The van der Waals surface area contributed by atoms with Crippen molar-refractivity contribution in [2.45, 2.75) is 38.8 Å². The van der Waals surface area contributed by atoms with Crippen LogP contribution in [0.1, 0.15) is 27.2 Å². The lowest BCUT2D eigenvalue weighted by molar-refractivity contribution is -0.157. The molecule has 6 heteroatoms. The van der Waals surface area contributed by atoms with E-state index in [2.05, 4.69) is 10.3 Å². The number of nitrogens with zero attached hydrogens (tertiary/aromatic N) is 1. The number of carbonyl (C=O) groups is 2. The molecule has 1 rings (SSSR count). The Morgan fingerprint density at radius 2 is 2.16 bits per heavy atom. The molecule has 6 nitrogen and oxygen atoms in total. The van der Waals surface area contributed by atoms with Crippen molar-refractivity contribution >= 4 is 17.6 Å². The summed E-state index contributed by atoms with van der Waals surface area (Å²) in [6.07, 6.45) is 2.82. The van der Waals surface area contributed by atoms with Gasteiger partial charge in [0.05, 0.1) is 12.1 Å². The van der Waals surface area contributed by atoms with Crippen LogP contribution in [-0.4, -0.2) is 33.7 Å². The first kappa shape index (κ1) is 14.9. The van der Waals surface area contributed by atoms with E-state index in [0.29, 0.717) is 5.69 Å². The molecule has 104 valence electrons. The molecule has 0 aliphatic rings. The standard InChI is InChI=1S/C13H18N2O4/c1-13(2,3)19-11(16)7-10(12(17)18)15-9-5-4-6-14-8-9/h4-6,8,10,15H,7H2,1-3H3,(H,17,18)/t10-/m0/s1. The number of anilines is 1. The topological polar surface area (TPSA) is 88.5 Å². The van der Waals surface area contributed by atoms with Crippen LogP contribution >= 0.6 is 0 Å². The van der Waals surface area contributed by atoms with Crippen LogP contribution in [0.2, 0.25) is 0 Å². The molecule has 0 aromatic carbocycles. The predicted octanol–water partition coefficient (Wildman–Crippen LogP) is 1.68. The largest absolute Gasteiger partial charge is 0.480 e. The first-order valence-electron chi connectivity index (χ1n) is 5.89. The lowest BCUT2D eigenvalue weighted by Crippen LogP contribution is -2.34. The van der Waals surface area contributed by atoms with Gasteiger partial charge >= 0.3 is 11.9 Å². The highest BCUT2D eigenvalue weighted by molar-refractivity contribution is 5.84. The molecule has 0 saturated carbocycles. The quantitative estimate of drug-likeness (QED) is 0.788. The number of esters is 1. The summed E-state index contributed by atoms with van der Waals surface area (Å²) in [5.41, 5.74) is -0.0903. The van der Waals surface area contributed by atoms with Crippen molar-refractivity contribution in [1.82, 2.24) is 4.98 Å². The van der Waals surface area contributed by atoms with Crippen LogP contribution in [0, 0.1) is 0 Å². The number of carboxylic acids is 1. The molecule has 0 aliphatic carbocycles. The van der Waals surface area contributed by atoms with Gasteiger partial charge < -0.3 is 15.2 Å². The van der Waals surface area contributed by atoms with E-state index in [1.54, 1.807) is 39.1 Å². The zero-order valence-corrected chi connectivity index (χ0v) is 11.2. The Morgan fingerprint density at radius 1 is 1.47 bits per heavy atom. The zero-order chi connectivity index (χ0) is 14.5. The van der Waals surface area contributed by atoms with Gasteiger partial charge in [-0.15, -0.1) is 0 Å². The highest BCUT2D eigenvalue weighted by Crippen LogP contribution is 2.12. The number of aromatic nitrogens is 1. The maximum absolute atomic E-state index is 11.6. The highest BCUT2D eigenvalue weighted by Gasteiger charge is 2.25. The van der Waals surface area contributed by atoms with Gasteiger partial charge in [0.1, 0.15) is 11.6 Å². The van der Waals surface area contributed by atoms with Gasteiger partial charge in [-0.1, -0.05) is 0 Å². The summed E-state index contributed by atoms with van der Waals surface area (Å²) in [6.45, 7) is 5.19. The van der Waals surface area contributed by atoms with Crippen LogP contribution in [0.4, 0.5) is 5.69 Å². The Hall–Kier alpha value is -2.11. The third-order valence-electron chi connectivity index (χ3n) is 2.09. The fourth-order valence-corrected chi connectivity index (χ4v) is 1.40. The molecule has 0 spiro atoms. The summed E-state index contributed by atoms with van der Waals surface area (Å²) in [4.78, 5) is 26.6. The predicted molar refractivity (Wildman–Crippen MR) is 69.7 cm³/mol. The van der Waals surface area contributed by atoms with E-state index in [1.165, 1.54) is 6.20 Å². The number of hydrogen-bond donors (Lipinski definition) is 2. The number of nitrogens with one attached hydrogen (secondary N) is 1. The molecular formula is C13H18N2O4. The van der Waals surface area contributed by atoms with Crippen LogP contribution in [0.15, 0.2) is 24.5 Å². The number of rotatable bonds is 5.